The smallest absolute Gasteiger partial charge is 0.280 e. The largest absolute Gasteiger partial charge is 0.394 e. The number of nitrogens with one attached hydrogen (secondary N) is 2. The lowest BCUT2D eigenvalue weighted by Crippen LogP contribution is -2.49. The Morgan fingerprint density at radius 3 is 2.37 bits per heavy atom. The van der Waals surface area contributed by atoms with Crippen molar-refractivity contribution in [2.24, 2.45) is 0 Å². The highest BCUT2D eigenvalue weighted by Crippen LogP contribution is 2.36. The summed E-state index contributed by atoms with van der Waals surface area (Å²) in [7, 11) is 0. The molecule has 0 aliphatic rings. The third kappa shape index (κ3) is 5.47. The molecule has 0 aliphatic heterocycles. The van der Waals surface area contributed by atoms with Gasteiger partial charge in [0, 0.05) is 18.0 Å². The fraction of sp³-hybridized carbons (Fsp3) is 0.350. The van der Waals surface area contributed by atoms with E-state index < -0.39 is 5.54 Å². The van der Waals surface area contributed by atoms with Crippen molar-refractivity contribution in [2.75, 3.05) is 31.6 Å². The first-order chi connectivity index (χ1) is 13.5. The van der Waals surface area contributed by atoms with Crippen molar-refractivity contribution in [3.05, 3.63) is 52.6 Å². The van der Waals surface area contributed by atoms with Gasteiger partial charge in [-0.1, -0.05) is 24.3 Å². The van der Waals surface area contributed by atoms with E-state index in [-0.39, 0.29) is 48.6 Å². The summed E-state index contributed by atoms with van der Waals surface area (Å²) >= 11 is 0. The first-order valence-corrected chi connectivity index (χ1v) is 9.15. The van der Waals surface area contributed by atoms with Gasteiger partial charge in [0.2, 0.25) is 0 Å². The summed E-state index contributed by atoms with van der Waals surface area (Å²) < 4.78 is 0. The summed E-state index contributed by atoms with van der Waals surface area (Å²) in [6.45, 7) is 2.56. The number of aliphatic hydroxyl groups excluding tert-OH is 2. The molecule has 0 amide bonds. The number of para-hydroxylation sites is 1. The van der Waals surface area contributed by atoms with Gasteiger partial charge in [0.15, 0.2) is 0 Å². The minimum absolute atomic E-state index is 0. The van der Waals surface area contributed by atoms with Gasteiger partial charge in [0.1, 0.15) is 5.39 Å². The van der Waals surface area contributed by atoms with Crippen molar-refractivity contribution < 1.29 is 15.1 Å². The maximum Gasteiger partial charge on any atom is 0.280 e. The summed E-state index contributed by atoms with van der Waals surface area (Å²) in [5.74, 6) is 0. The van der Waals surface area contributed by atoms with Crippen LogP contribution in [0.15, 0.2) is 42.5 Å². The molecule has 1 aromatic heterocycles. The SMILES string of the molecule is CC(CO)(CO)NCCCNc1c2ccccc2nc2cccc([N+](=O)[O-])c12.Cl.Cl. The van der Waals surface area contributed by atoms with E-state index in [0.717, 1.165) is 10.9 Å². The van der Waals surface area contributed by atoms with Crippen LogP contribution < -0.4 is 10.6 Å². The highest BCUT2D eigenvalue weighted by atomic mass is 35.5. The molecule has 3 aromatic rings. The number of rotatable bonds is 9. The molecule has 8 nitrogen and oxygen atoms in total. The molecular formula is C20H26Cl2N4O4. The Morgan fingerprint density at radius 1 is 1.03 bits per heavy atom. The third-order valence-corrected chi connectivity index (χ3v) is 4.79. The molecule has 0 bridgehead atoms. The number of pyridine rings is 1. The lowest BCUT2D eigenvalue weighted by Gasteiger charge is -2.26. The maximum atomic E-state index is 11.5. The number of anilines is 1. The molecule has 164 valence electrons. The van der Waals surface area contributed by atoms with E-state index in [1.54, 1.807) is 19.1 Å². The van der Waals surface area contributed by atoms with Crippen molar-refractivity contribution in [1.82, 2.24) is 10.3 Å². The average Bonchev–Trinajstić information content (AvgIpc) is 2.72. The summed E-state index contributed by atoms with van der Waals surface area (Å²) in [4.78, 5) is 15.7. The van der Waals surface area contributed by atoms with Crippen molar-refractivity contribution in [3.63, 3.8) is 0 Å². The highest BCUT2D eigenvalue weighted by Gasteiger charge is 2.21. The van der Waals surface area contributed by atoms with Gasteiger partial charge < -0.3 is 20.8 Å². The molecular weight excluding hydrogens is 431 g/mol. The van der Waals surface area contributed by atoms with Gasteiger partial charge in [-0.05, 0) is 32.0 Å². The first kappa shape index (κ1) is 25.8. The molecule has 0 spiro atoms. The van der Waals surface area contributed by atoms with Crippen molar-refractivity contribution in [2.45, 2.75) is 18.9 Å². The zero-order valence-electron chi connectivity index (χ0n) is 16.5. The topological polar surface area (TPSA) is 121 Å². The summed E-state index contributed by atoms with van der Waals surface area (Å²) in [6, 6.07) is 12.4. The van der Waals surface area contributed by atoms with Crippen LogP contribution in [0.2, 0.25) is 0 Å². The number of hydrogen-bond donors (Lipinski definition) is 4. The Hall–Kier alpha value is -2.23. The fourth-order valence-electron chi connectivity index (χ4n) is 3.11. The molecule has 0 fully saturated rings. The van der Waals surface area contributed by atoms with Gasteiger partial charge in [-0.15, -0.1) is 24.8 Å². The van der Waals surface area contributed by atoms with Crippen LogP contribution in [0.5, 0.6) is 0 Å². The molecule has 0 radical (unpaired) electrons. The van der Waals surface area contributed by atoms with E-state index >= 15 is 0 Å². The molecule has 4 N–H and O–H groups in total. The van der Waals surface area contributed by atoms with E-state index in [1.807, 2.05) is 24.3 Å². The Balaban J connectivity index is 0.00000225. The molecule has 0 saturated carbocycles. The number of nitro groups is 1. The average molecular weight is 457 g/mol. The number of hydrogen-bond acceptors (Lipinski definition) is 7. The monoisotopic (exact) mass is 456 g/mol. The Morgan fingerprint density at radius 2 is 1.70 bits per heavy atom. The Bertz CT molecular complexity index is 999. The molecule has 0 unspecified atom stereocenters. The van der Waals surface area contributed by atoms with Gasteiger partial charge in [-0.3, -0.25) is 10.1 Å². The summed E-state index contributed by atoms with van der Waals surface area (Å²) in [5, 5.41) is 38.0. The number of aromatic nitrogens is 1. The first-order valence-electron chi connectivity index (χ1n) is 9.15. The predicted molar refractivity (Wildman–Crippen MR) is 124 cm³/mol. The predicted octanol–water partition coefficient (Wildman–Crippen LogP) is 3.27. The van der Waals surface area contributed by atoms with Crippen molar-refractivity contribution >= 4 is 58.0 Å². The third-order valence-electron chi connectivity index (χ3n) is 4.79. The number of halogens is 2. The Kier molecular flexibility index (Phi) is 9.67. The quantitative estimate of drug-likeness (QED) is 0.168. The minimum atomic E-state index is -0.727. The summed E-state index contributed by atoms with van der Waals surface area (Å²) in [5.41, 5.74) is 1.32. The number of non-ortho nitro benzene ring substituents is 1. The van der Waals surface area contributed by atoms with Crippen molar-refractivity contribution in [3.8, 4) is 0 Å². The van der Waals surface area contributed by atoms with E-state index in [2.05, 4.69) is 15.6 Å². The molecule has 0 saturated heterocycles. The second kappa shape index (κ2) is 11.2. The van der Waals surface area contributed by atoms with Gasteiger partial charge >= 0.3 is 0 Å². The van der Waals surface area contributed by atoms with Crippen LogP contribution in [0.4, 0.5) is 11.4 Å². The van der Waals surface area contributed by atoms with E-state index in [4.69, 9.17) is 0 Å². The maximum absolute atomic E-state index is 11.5. The molecule has 3 rings (SSSR count). The van der Waals surface area contributed by atoms with Crippen LogP contribution in [-0.2, 0) is 0 Å². The standard InChI is InChI=1S/C20H24N4O4.2ClH/c1-20(12-25,13-26)22-11-5-10-21-19-14-6-2-3-7-15(14)23-16-8-4-9-17(18(16)19)24(27)28;;/h2-4,6-9,22,25-26H,5,10-13H2,1H3,(H,21,23);2*1H. The zero-order chi connectivity index (χ0) is 20.1. The molecule has 0 aliphatic carbocycles. The summed E-state index contributed by atoms with van der Waals surface area (Å²) in [6.07, 6.45) is 0.703. The number of fused-ring (bicyclic) bond motifs is 2. The Labute approximate surface area is 186 Å². The fourth-order valence-corrected chi connectivity index (χ4v) is 3.11. The second-order valence-corrected chi connectivity index (χ2v) is 7.02. The lowest BCUT2D eigenvalue weighted by atomic mass is 10.1. The number of nitrogens with zero attached hydrogens (tertiary/aromatic N) is 2. The molecule has 1 heterocycles. The van der Waals surface area contributed by atoms with Crippen LogP contribution in [0.25, 0.3) is 21.8 Å². The second-order valence-electron chi connectivity index (χ2n) is 7.02. The normalized spacial score (nSPS) is 11.0. The van der Waals surface area contributed by atoms with E-state index in [0.29, 0.717) is 36.1 Å². The molecule has 0 atom stereocenters. The van der Waals surface area contributed by atoms with Crippen LogP contribution >= 0.6 is 24.8 Å². The van der Waals surface area contributed by atoms with Gasteiger partial charge in [-0.25, -0.2) is 4.98 Å². The molecule has 10 heteroatoms. The highest BCUT2D eigenvalue weighted by molar-refractivity contribution is 6.11. The lowest BCUT2D eigenvalue weighted by molar-refractivity contribution is -0.383. The van der Waals surface area contributed by atoms with E-state index in [9.17, 15) is 20.3 Å². The number of aliphatic hydroxyl groups is 2. The number of nitro benzene ring substituents is 1. The van der Waals surface area contributed by atoms with Gasteiger partial charge in [-0.2, -0.15) is 0 Å². The molecule has 30 heavy (non-hydrogen) atoms. The van der Waals surface area contributed by atoms with Crippen LogP contribution in [0.3, 0.4) is 0 Å². The minimum Gasteiger partial charge on any atom is -0.394 e. The van der Waals surface area contributed by atoms with E-state index in [1.165, 1.54) is 6.07 Å². The molecule has 2 aromatic carbocycles. The van der Waals surface area contributed by atoms with Crippen LogP contribution in [0.1, 0.15) is 13.3 Å². The van der Waals surface area contributed by atoms with Gasteiger partial charge in [0.05, 0.1) is 40.4 Å². The number of benzene rings is 2. The van der Waals surface area contributed by atoms with Crippen LogP contribution in [0, 0.1) is 10.1 Å². The van der Waals surface area contributed by atoms with Gasteiger partial charge in [0.25, 0.3) is 5.69 Å². The van der Waals surface area contributed by atoms with Crippen LogP contribution in [-0.4, -0.2) is 52.0 Å². The zero-order valence-corrected chi connectivity index (χ0v) is 18.1. The van der Waals surface area contributed by atoms with Crippen molar-refractivity contribution in [1.29, 1.82) is 0 Å².